The summed E-state index contributed by atoms with van der Waals surface area (Å²) in [6, 6.07) is 7.29. The fourth-order valence-electron chi connectivity index (χ4n) is 1.37. The monoisotopic (exact) mass is 217 g/mol. The quantitative estimate of drug-likeness (QED) is 0.705. The van der Waals surface area contributed by atoms with Crippen molar-refractivity contribution >= 4 is 11.9 Å². The predicted octanol–water partition coefficient (Wildman–Crippen LogP) is 0.100. The third-order valence-electron chi connectivity index (χ3n) is 2.15. The molecule has 16 heavy (non-hydrogen) atoms. The van der Waals surface area contributed by atoms with E-state index in [0.717, 1.165) is 5.56 Å². The molecule has 1 aromatic carbocycles. The molecule has 0 amide bonds. The van der Waals surface area contributed by atoms with Gasteiger partial charge in [-0.2, -0.15) is 9.97 Å². The van der Waals surface area contributed by atoms with E-state index in [2.05, 4.69) is 9.97 Å². The summed E-state index contributed by atoms with van der Waals surface area (Å²) in [7, 11) is 0. The minimum atomic E-state index is -0.533. The summed E-state index contributed by atoms with van der Waals surface area (Å²) >= 11 is 0. The van der Waals surface area contributed by atoms with Crippen molar-refractivity contribution in [2.75, 3.05) is 11.5 Å². The molecule has 0 unspecified atom stereocenters. The Balaban J connectivity index is 2.65. The maximum absolute atomic E-state index is 11.6. The molecule has 0 aliphatic heterocycles. The van der Waals surface area contributed by atoms with Crippen molar-refractivity contribution < 1.29 is 0 Å². The van der Waals surface area contributed by atoms with Gasteiger partial charge in [-0.3, -0.25) is 0 Å². The van der Waals surface area contributed by atoms with Crippen LogP contribution in [0.2, 0.25) is 0 Å². The fourth-order valence-corrected chi connectivity index (χ4v) is 1.37. The van der Waals surface area contributed by atoms with E-state index in [9.17, 15) is 4.79 Å². The van der Waals surface area contributed by atoms with Crippen LogP contribution in [-0.2, 0) is 0 Å². The lowest BCUT2D eigenvalue weighted by atomic mass is 10.2. The van der Waals surface area contributed by atoms with Gasteiger partial charge in [0.25, 0.3) is 0 Å². The van der Waals surface area contributed by atoms with Crippen molar-refractivity contribution in [2.24, 2.45) is 0 Å². The molecular formula is C10H11N5O. The zero-order chi connectivity index (χ0) is 11.7. The largest absolute Gasteiger partial charge is 0.369 e. The van der Waals surface area contributed by atoms with Crippen molar-refractivity contribution in [3.63, 3.8) is 0 Å². The Morgan fingerprint density at radius 2 is 1.75 bits per heavy atom. The Kier molecular flexibility index (Phi) is 2.32. The van der Waals surface area contributed by atoms with Gasteiger partial charge in [0.15, 0.2) is 0 Å². The second-order valence-electron chi connectivity index (χ2n) is 3.39. The van der Waals surface area contributed by atoms with Gasteiger partial charge in [-0.25, -0.2) is 9.36 Å². The first-order valence-electron chi connectivity index (χ1n) is 4.67. The smallest absolute Gasteiger partial charge is 0.358 e. The van der Waals surface area contributed by atoms with Crippen LogP contribution in [0.1, 0.15) is 5.56 Å². The molecule has 0 atom stereocenters. The van der Waals surface area contributed by atoms with E-state index in [1.54, 1.807) is 12.1 Å². The zero-order valence-electron chi connectivity index (χ0n) is 8.71. The molecule has 2 rings (SSSR count). The van der Waals surface area contributed by atoms with Crippen LogP contribution in [0.3, 0.4) is 0 Å². The standard InChI is InChI=1S/C10H11N5O/c1-6-2-4-7(5-3-6)15-9(12)13-8(11)14-10(15)16/h2-5H,1H3,(H4,11,12,13,14,16). The normalized spacial score (nSPS) is 10.3. The number of rotatable bonds is 1. The molecule has 0 saturated carbocycles. The molecule has 0 bridgehead atoms. The van der Waals surface area contributed by atoms with E-state index in [-0.39, 0.29) is 11.9 Å². The van der Waals surface area contributed by atoms with Crippen molar-refractivity contribution in [2.45, 2.75) is 6.92 Å². The molecule has 6 heteroatoms. The predicted molar refractivity (Wildman–Crippen MR) is 61.2 cm³/mol. The molecule has 1 heterocycles. The number of benzene rings is 1. The lowest BCUT2D eigenvalue weighted by Crippen LogP contribution is -2.26. The SMILES string of the molecule is Cc1ccc(-n2c(N)nc(N)nc2=O)cc1. The molecule has 1 aromatic heterocycles. The molecule has 6 nitrogen and oxygen atoms in total. The van der Waals surface area contributed by atoms with Gasteiger partial charge in [0.1, 0.15) is 0 Å². The Hall–Kier alpha value is -2.37. The highest BCUT2D eigenvalue weighted by molar-refractivity contribution is 5.41. The molecule has 0 aliphatic carbocycles. The molecule has 82 valence electrons. The number of nitrogens with zero attached hydrogens (tertiary/aromatic N) is 3. The van der Waals surface area contributed by atoms with E-state index in [4.69, 9.17) is 11.5 Å². The highest BCUT2D eigenvalue weighted by Gasteiger charge is 2.07. The Bertz CT molecular complexity index is 573. The number of anilines is 2. The van der Waals surface area contributed by atoms with Gasteiger partial charge < -0.3 is 11.5 Å². The van der Waals surface area contributed by atoms with Crippen LogP contribution in [0.4, 0.5) is 11.9 Å². The molecule has 0 fully saturated rings. The van der Waals surface area contributed by atoms with E-state index in [0.29, 0.717) is 5.69 Å². The molecule has 0 spiro atoms. The van der Waals surface area contributed by atoms with E-state index < -0.39 is 5.69 Å². The minimum Gasteiger partial charge on any atom is -0.369 e. The van der Waals surface area contributed by atoms with Crippen molar-refractivity contribution in [3.8, 4) is 5.69 Å². The molecule has 0 radical (unpaired) electrons. The summed E-state index contributed by atoms with van der Waals surface area (Å²) in [5.74, 6) is -0.0905. The number of aromatic nitrogens is 3. The fraction of sp³-hybridized carbons (Fsp3) is 0.100. The van der Waals surface area contributed by atoms with Gasteiger partial charge in [0.2, 0.25) is 11.9 Å². The first-order valence-corrected chi connectivity index (χ1v) is 4.67. The average molecular weight is 217 g/mol. The first-order chi connectivity index (χ1) is 7.58. The van der Waals surface area contributed by atoms with Gasteiger partial charge in [-0.15, -0.1) is 0 Å². The van der Waals surface area contributed by atoms with Gasteiger partial charge in [0, 0.05) is 0 Å². The highest BCUT2D eigenvalue weighted by atomic mass is 16.1. The van der Waals surface area contributed by atoms with E-state index in [1.165, 1.54) is 4.57 Å². The van der Waals surface area contributed by atoms with E-state index >= 15 is 0 Å². The number of hydrogen-bond acceptors (Lipinski definition) is 5. The van der Waals surface area contributed by atoms with Crippen molar-refractivity contribution in [1.82, 2.24) is 14.5 Å². The van der Waals surface area contributed by atoms with Crippen molar-refractivity contribution in [3.05, 3.63) is 40.3 Å². The second kappa shape index (κ2) is 3.65. The molecule has 2 aromatic rings. The summed E-state index contributed by atoms with van der Waals surface area (Å²) in [5, 5.41) is 0. The number of nitrogen functional groups attached to an aromatic ring is 2. The maximum atomic E-state index is 11.6. The number of nitrogens with two attached hydrogens (primary N) is 2. The van der Waals surface area contributed by atoms with Crippen LogP contribution < -0.4 is 17.2 Å². The van der Waals surface area contributed by atoms with Gasteiger partial charge >= 0.3 is 5.69 Å². The Labute approximate surface area is 91.6 Å². The van der Waals surface area contributed by atoms with Crippen LogP contribution in [0.15, 0.2) is 29.1 Å². The third-order valence-corrected chi connectivity index (χ3v) is 2.15. The Morgan fingerprint density at radius 1 is 1.12 bits per heavy atom. The average Bonchev–Trinajstić information content (AvgIpc) is 2.19. The summed E-state index contributed by atoms with van der Waals surface area (Å²) in [6.45, 7) is 1.95. The summed E-state index contributed by atoms with van der Waals surface area (Å²) in [4.78, 5) is 18.9. The highest BCUT2D eigenvalue weighted by Crippen LogP contribution is 2.09. The van der Waals surface area contributed by atoms with Crippen LogP contribution >= 0.6 is 0 Å². The Morgan fingerprint density at radius 3 is 2.31 bits per heavy atom. The topological polar surface area (TPSA) is 99.8 Å². The van der Waals surface area contributed by atoms with Gasteiger partial charge in [0.05, 0.1) is 5.69 Å². The summed E-state index contributed by atoms with van der Waals surface area (Å²) in [6.07, 6.45) is 0. The van der Waals surface area contributed by atoms with Gasteiger partial charge in [-0.1, -0.05) is 17.7 Å². The van der Waals surface area contributed by atoms with Crippen LogP contribution in [-0.4, -0.2) is 14.5 Å². The first kappa shape index (κ1) is 10.2. The van der Waals surface area contributed by atoms with Crippen LogP contribution in [0, 0.1) is 6.92 Å². The van der Waals surface area contributed by atoms with Crippen LogP contribution in [0.5, 0.6) is 0 Å². The molecular weight excluding hydrogens is 206 g/mol. The molecule has 0 saturated heterocycles. The minimum absolute atomic E-state index is 0.0290. The van der Waals surface area contributed by atoms with Crippen molar-refractivity contribution in [1.29, 1.82) is 0 Å². The molecule has 4 N–H and O–H groups in total. The summed E-state index contributed by atoms with van der Waals surface area (Å²) in [5.41, 5.74) is 12.1. The number of aryl methyl sites for hydroxylation is 1. The maximum Gasteiger partial charge on any atom is 0.358 e. The zero-order valence-corrected chi connectivity index (χ0v) is 8.71. The number of hydrogen-bond donors (Lipinski definition) is 2. The van der Waals surface area contributed by atoms with E-state index in [1.807, 2.05) is 19.1 Å². The molecule has 0 aliphatic rings. The van der Waals surface area contributed by atoms with Gasteiger partial charge in [-0.05, 0) is 19.1 Å². The summed E-state index contributed by atoms with van der Waals surface area (Å²) < 4.78 is 1.20. The third kappa shape index (κ3) is 1.72. The second-order valence-corrected chi connectivity index (χ2v) is 3.39. The lowest BCUT2D eigenvalue weighted by Gasteiger charge is -2.07. The van der Waals surface area contributed by atoms with Crippen LogP contribution in [0.25, 0.3) is 5.69 Å². The lowest BCUT2D eigenvalue weighted by molar-refractivity contribution is 0.884.